The number of para-hydroxylation sites is 2. The summed E-state index contributed by atoms with van der Waals surface area (Å²) in [5, 5.41) is 13.3. The summed E-state index contributed by atoms with van der Waals surface area (Å²) >= 11 is 0. The third kappa shape index (κ3) is 4.59. The van der Waals surface area contributed by atoms with Crippen LogP contribution in [0.3, 0.4) is 0 Å². The van der Waals surface area contributed by atoms with Gasteiger partial charge in [-0.15, -0.1) is 13.2 Å². The van der Waals surface area contributed by atoms with Gasteiger partial charge in [0.15, 0.2) is 0 Å². The van der Waals surface area contributed by atoms with Crippen molar-refractivity contribution in [2.24, 2.45) is 0 Å². The highest BCUT2D eigenvalue weighted by Crippen LogP contribution is 2.35. The maximum atomic E-state index is 13.1. The van der Waals surface area contributed by atoms with Crippen LogP contribution in [0, 0.1) is 4.78 Å². The molecule has 1 aliphatic heterocycles. The van der Waals surface area contributed by atoms with E-state index in [1.54, 1.807) is 0 Å². The number of halogens is 3. The molecule has 0 bridgehead atoms. The van der Waals surface area contributed by atoms with Gasteiger partial charge in [-0.25, -0.2) is 13.7 Å². The molecule has 0 aliphatic carbocycles. The minimum absolute atomic E-state index is 0.0138. The van der Waals surface area contributed by atoms with E-state index in [2.05, 4.69) is 9.46 Å². The molecule has 3 N–H and O–H groups in total. The van der Waals surface area contributed by atoms with Crippen LogP contribution in [0.5, 0.6) is 5.75 Å². The lowest BCUT2D eigenvalue weighted by atomic mass is 10.0. The van der Waals surface area contributed by atoms with Crippen molar-refractivity contribution in [1.82, 2.24) is 9.29 Å². The Morgan fingerprint density at radius 3 is 2.11 bits per heavy atom. The second-order valence-electron chi connectivity index (χ2n) is 8.30. The summed E-state index contributed by atoms with van der Waals surface area (Å²) in [5.41, 5.74) is 1.82. The third-order valence-corrected chi connectivity index (χ3v) is 7.62. The van der Waals surface area contributed by atoms with E-state index in [4.69, 9.17) is 9.52 Å². The summed E-state index contributed by atoms with van der Waals surface area (Å²) in [5.74, 6) is -0.482. The minimum Gasteiger partial charge on any atom is -0.406 e. The zero-order chi connectivity index (χ0) is 24.8. The van der Waals surface area contributed by atoms with Crippen LogP contribution in [0.1, 0.15) is 6.04 Å². The molecular formula is C24H22F3N3O4S. The topological polar surface area (TPSA) is 96.6 Å². The number of aliphatic hydroxyl groups excluding tert-OH is 1. The molecule has 4 unspecified atom stereocenters. The summed E-state index contributed by atoms with van der Waals surface area (Å²) in [6.07, 6.45) is -5.91. The molecule has 0 radical (unpaired) electrons. The van der Waals surface area contributed by atoms with Crippen molar-refractivity contribution in [1.29, 1.82) is 4.78 Å². The third-order valence-electron chi connectivity index (χ3n) is 6.05. The first-order chi connectivity index (χ1) is 16.6. The van der Waals surface area contributed by atoms with Gasteiger partial charge < -0.3 is 19.1 Å². The number of nitrogens with one attached hydrogen (secondary N) is 2. The Hall–Kier alpha value is -3.12. The van der Waals surface area contributed by atoms with Crippen LogP contribution < -0.4 is 9.46 Å². The molecule has 3 aromatic carbocycles. The van der Waals surface area contributed by atoms with E-state index in [-0.39, 0.29) is 18.1 Å². The molecule has 0 saturated carbocycles. The highest BCUT2D eigenvalue weighted by Gasteiger charge is 2.37. The summed E-state index contributed by atoms with van der Waals surface area (Å²) in [6, 6.07) is 18.5. The second kappa shape index (κ2) is 8.83. The molecule has 1 saturated heterocycles. The molecule has 4 aromatic rings. The highest BCUT2D eigenvalue weighted by molar-refractivity contribution is 7.90. The van der Waals surface area contributed by atoms with Crippen LogP contribution >= 0.6 is 0 Å². The summed E-state index contributed by atoms with van der Waals surface area (Å²) in [7, 11) is -3.67. The largest absolute Gasteiger partial charge is 0.573 e. The molecular weight excluding hydrogens is 483 g/mol. The van der Waals surface area contributed by atoms with Gasteiger partial charge in [0.05, 0.1) is 36.3 Å². The number of rotatable bonds is 5. The zero-order valence-electron chi connectivity index (χ0n) is 18.2. The number of fused-ring (bicyclic) bond motifs is 3. The van der Waals surface area contributed by atoms with Crippen LogP contribution in [0.25, 0.3) is 21.8 Å². The lowest BCUT2D eigenvalue weighted by Crippen LogP contribution is -2.53. The van der Waals surface area contributed by atoms with Crippen molar-refractivity contribution in [2.75, 3.05) is 13.2 Å². The number of aromatic nitrogens is 1. The second-order valence-corrected chi connectivity index (χ2v) is 10.1. The van der Waals surface area contributed by atoms with Crippen molar-refractivity contribution in [2.45, 2.75) is 29.4 Å². The molecule has 0 amide bonds. The van der Waals surface area contributed by atoms with Crippen LogP contribution in [0.15, 0.2) is 77.7 Å². The van der Waals surface area contributed by atoms with Gasteiger partial charge in [-0.05, 0) is 36.4 Å². The fourth-order valence-corrected chi connectivity index (χ4v) is 5.83. The average Bonchev–Trinajstić information content (AvgIpc) is 3.14. The van der Waals surface area contributed by atoms with Gasteiger partial charge in [0.2, 0.25) is 0 Å². The van der Waals surface area contributed by atoms with E-state index in [9.17, 15) is 22.5 Å². The highest BCUT2D eigenvalue weighted by atomic mass is 32.2. The molecule has 35 heavy (non-hydrogen) atoms. The first-order valence-electron chi connectivity index (χ1n) is 10.8. The molecule has 2 heterocycles. The lowest BCUT2D eigenvalue weighted by molar-refractivity contribution is -0.274. The monoisotopic (exact) mass is 505 g/mol. The number of ether oxygens (including phenoxy) is 2. The van der Waals surface area contributed by atoms with E-state index in [0.717, 1.165) is 46.1 Å². The van der Waals surface area contributed by atoms with Gasteiger partial charge in [-0.3, -0.25) is 0 Å². The Bertz CT molecular complexity index is 1420. The fraction of sp³-hybridized carbons (Fsp3) is 0.250. The number of aliphatic hydroxyl groups is 1. The summed E-state index contributed by atoms with van der Waals surface area (Å²) < 4.78 is 72.9. The van der Waals surface area contributed by atoms with Crippen molar-refractivity contribution in [3.8, 4) is 5.75 Å². The normalized spacial score (nSPS) is 22.8. The van der Waals surface area contributed by atoms with Crippen LogP contribution in [0.4, 0.5) is 13.2 Å². The fourth-order valence-electron chi connectivity index (χ4n) is 4.54. The van der Waals surface area contributed by atoms with E-state index < -0.39 is 40.2 Å². The number of hydrogen-bond donors (Lipinski definition) is 3. The lowest BCUT2D eigenvalue weighted by Gasteiger charge is -2.37. The number of nitrogens with zero attached hydrogens (tertiary/aromatic N) is 1. The van der Waals surface area contributed by atoms with Crippen molar-refractivity contribution in [3.63, 3.8) is 0 Å². The van der Waals surface area contributed by atoms with Crippen LogP contribution in [-0.2, 0) is 14.7 Å². The molecule has 11 heteroatoms. The SMILES string of the molecule is N=S(=O)(NC1COCC(n2c3ccccc3c3ccccc32)C1O)c1ccc(OC(F)(F)F)cc1. The Morgan fingerprint density at radius 2 is 1.54 bits per heavy atom. The molecule has 5 rings (SSSR count). The van der Waals surface area contributed by atoms with Crippen molar-refractivity contribution >= 4 is 31.7 Å². The predicted octanol–water partition coefficient (Wildman–Crippen LogP) is 4.60. The maximum absolute atomic E-state index is 13.1. The molecule has 4 atom stereocenters. The van der Waals surface area contributed by atoms with Gasteiger partial charge >= 0.3 is 6.36 Å². The number of alkyl halides is 3. The van der Waals surface area contributed by atoms with E-state index in [0.29, 0.717) is 0 Å². The van der Waals surface area contributed by atoms with Gasteiger partial charge in [0.1, 0.15) is 15.7 Å². The summed E-state index contributed by atoms with van der Waals surface area (Å²) in [6.45, 7) is 0.227. The molecule has 1 aromatic heterocycles. The Labute approximate surface area is 199 Å². The smallest absolute Gasteiger partial charge is 0.406 e. The summed E-state index contributed by atoms with van der Waals surface area (Å²) in [4.78, 5) is -0.0433. The van der Waals surface area contributed by atoms with Gasteiger partial charge in [0.25, 0.3) is 0 Å². The molecule has 7 nitrogen and oxygen atoms in total. The van der Waals surface area contributed by atoms with Crippen LogP contribution in [0.2, 0.25) is 0 Å². The van der Waals surface area contributed by atoms with E-state index >= 15 is 0 Å². The minimum atomic E-state index is -4.85. The molecule has 1 fully saturated rings. The quantitative estimate of drug-likeness (QED) is 0.369. The first-order valence-corrected chi connectivity index (χ1v) is 12.4. The predicted molar refractivity (Wildman–Crippen MR) is 124 cm³/mol. The zero-order valence-corrected chi connectivity index (χ0v) is 19.1. The van der Waals surface area contributed by atoms with Crippen molar-refractivity contribution < 1.29 is 32.0 Å². The standard InChI is InChI=1S/C24H22F3N3O4S/c25-24(26,27)34-15-9-11-16(12-10-15)35(28,32)29-19-13-33-14-22(23(19)31)30-20-7-3-1-5-17(20)18-6-2-4-8-21(18)30/h1-12,19,22-23,31H,13-14H2,(H2,28,29,32). The number of benzene rings is 3. The van der Waals surface area contributed by atoms with Gasteiger partial charge in [-0.1, -0.05) is 36.4 Å². The first kappa shape index (κ1) is 23.6. The molecule has 184 valence electrons. The average molecular weight is 506 g/mol. The number of hydrogen-bond acceptors (Lipinski definition) is 5. The Kier molecular flexibility index (Phi) is 5.96. The Morgan fingerprint density at radius 1 is 0.971 bits per heavy atom. The molecule has 1 aliphatic rings. The van der Waals surface area contributed by atoms with E-state index in [1.807, 2.05) is 53.1 Å². The maximum Gasteiger partial charge on any atom is 0.573 e. The van der Waals surface area contributed by atoms with Crippen LogP contribution in [-0.4, -0.2) is 45.6 Å². The van der Waals surface area contributed by atoms with Gasteiger partial charge in [0, 0.05) is 21.8 Å². The molecule has 0 spiro atoms. The van der Waals surface area contributed by atoms with Gasteiger partial charge in [-0.2, -0.15) is 0 Å². The van der Waals surface area contributed by atoms with Crippen molar-refractivity contribution in [3.05, 3.63) is 72.8 Å². The van der Waals surface area contributed by atoms with E-state index in [1.165, 1.54) is 0 Å². The Balaban J connectivity index is 1.42.